The van der Waals surface area contributed by atoms with Crippen LogP contribution in [0.15, 0.2) is 0 Å². The normalized spacial score (nSPS) is 14.6. The maximum absolute atomic E-state index is 10.9. The molecular formula is C10H23NO3. The molecule has 0 saturated carbocycles. The summed E-state index contributed by atoms with van der Waals surface area (Å²) < 4.78 is 5.55. The molecule has 14 heavy (non-hydrogen) atoms. The molecule has 0 aromatic rings. The monoisotopic (exact) mass is 205 g/mol. The van der Waals surface area contributed by atoms with Gasteiger partial charge in [-0.25, -0.2) is 4.79 Å². The summed E-state index contributed by atoms with van der Waals surface area (Å²) in [7, 11) is 0. The minimum absolute atomic E-state index is 0. The molecule has 0 aliphatic heterocycles. The Morgan fingerprint density at radius 3 is 2.00 bits per heavy atom. The second kappa shape index (κ2) is 6.79. The van der Waals surface area contributed by atoms with Crippen LogP contribution in [0.1, 0.15) is 47.0 Å². The van der Waals surface area contributed by atoms with Gasteiger partial charge in [0.05, 0.1) is 6.10 Å². The maximum Gasteiger partial charge on any atom is 0.335 e. The van der Waals surface area contributed by atoms with Crippen LogP contribution >= 0.6 is 0 Å². The first kappa shape index (κ1) is 15.8. The molecule has 0 aliphatic carbocycles. The number of carboxylic acid groups (broad SMARTS) is 1. The van der Waals surface area contributed by atoms with Crippen molar-refractivity contribution in [3.05, 3.63) is 0 Å². The van der Waals surface area contributed by atoms with E-state index in [0.29, 0.717) is 6.42 Å². The van der Waals surface area contributed by atoms with Gasteiger partial charge < -0.3 is 16.0 Å². The van der Waals surface area contributed by atoms with Gasteiger partial charge in [0.1, 0.15) is 0 Å². The zero-order chi connectivity index (χ0) is 10.5. The van der Waals surface area contributed by atoms with Gasteiger partial charge in [-0.3, -0.25) is 0 Å². The van der Waals surface area contributed by atoms with Gasteiger partial charge in [0.15, 0.2) is 5.60 Å². The highest BCUT2D eigenvalue weighted by Gasteiger charge is 2.33. The lowest BCUT2D eigenvalue weighted by molar-refractivity contribution is -0.172. The van der Waals surface area contributed by atoms with Gasteiger partial charge in [-0.1, -0.05) is 20.8 Å². The molecule has 1 unspecified atom stereocenters. The molecule has 0 fully saturated rings. The van der Waals surface area contributed by atoms with Crippen LogP contribution in [0.4, 0.5) is 0 Å². The summed E-state index contributed by atoms with van der Waals surface area (Å²) in [6.45, 7) is 7.47. The van der Waals surface area contributed by atoms with Crippen LogP contribution in [0.5, 0.6) is 0 Å². The molecule has 0 rings (SSSR count). The maximum atomic E-state index is 10.9. The fourth-order valence-corrected chi connectivity index (χ4v) is 1.11. The molecule has 4 heteroatoms. The van der Waals surface area contributed by atoms with E-state index in [1.54, 1.807) is 6.92 Å². The molecule has 0 aliphatic rings. The lowest BCUT2D eigenvalue weighted by atomic mass is 10.0. The van der Waals surface area contributed by atoms with Crippen molar-refractivity contribution in [2.24, 2.45) is 0 Å². The zero-order valence-corrected chi connectivity index (χ0v) is 9.67. The van der Waals surface area contributed by atoms with E-state index in [-0.39, 0.29) is 12.3 Å². The summed E-state index contributed by atoms with van der Waals surface area (Å²) in [4.78, 5) is 10.9. The topological polar surface area (TPSA) is 81.5 Å². The van der Waals surface area contributed by atoms with Crippen LogP contribution in [-0.4, -0.2) is 22.8 Å². The quantitative estimate of drug-likeness (QED) is 0.698. The highest BCUT2D eigenvalue weighted by Crippen LogP contribution is 2.20. The minimum atomic E-state index is -1.02. The van der Waals surface area contributed by atoms with Gasteiger partial charge in [0, 0.05) is 0 Å². The molecule has 0 spiro atoms. The lowest BCUT2D eigenvalue weighted by Crippen LogP contribution is -2.40. The van der Waals surface area contributed by atoms with Crippen molar-refractivity contribution in [2.75, 3.05) is 0 Å². The number of carboxylic acids is 1. The van der Waals surface area contributed by atoms with E-state index < -0.39 is 11.6 Å². The standard InChI is InChI=1S/C10H20O3.H3N/c1-5-8(6-2)13-10(4,7-3)9(11)12;/h8H,5-7H2,1-4H3,(H,11,12);1H3. The highest BCUT2D eigenvalue weighted by molar-refractivity contribution is 5.76. The third-order valence-electron chi connectivity index (χ3n) is 2.46. The Bertz CT molecular complexity index is 169. The van der Waals surface area contributed by atoms with E-state index in [2.05, 4.69) is 0 Å². The summed E-state index contributed by atoms with van der Waals surface area (Å²) in [6, 6.07) is 0. The fourth-order valence-electron chi connectivity index (χ4n) is 1.11. The van der Waals surface area contributed by atoms with Gasteiger partial charge >= 0.3 is 5.97 Å². The number of hydrogen-bond acceptors (Lipinski definition) is 3. The largest absolute Gasteiger partial charge is 0.479 e. The van der Waals surface area contributed by atoms with E-state index in [9.17, 15) is 4.79 Å². The Labute approximate surface area is 86.2 Å². The molecule has 0 aromatic heterocycles. The van der Waals surface area contributed by atoms with Crippen LogP contribution < -0.4 is 6.15 Å². The number of ether oxygens (including phenoxy) is 1. The van der Waals surface area contributed by atoms with Gasteiger partial charge in [-0.05, 0) is 26.2 Å². The molecule has 1 atom stereocenters. The summed E-state index contributed by atoms with van der Waals surface area (Å²) in [5.74, 6) is -0.873. The minimum Gasteiger partial charge on any atom is -0.479 e. The Balaban J connectivity index is 0. The van der Waals surface area contributed by atoms with E-state index in [1.165, 1.54) is 0 Å². The molecule has 4 N–H and O–H groups in total. The van der Waals surface area contributed by atoms with Crippen molar-refractivity contribution in [3.63, 3.8) is 0 Å². The Kier molecular flexibility index (Phi) is 7.68. The Hall–Kier alpha value is -0.610. The van der Waals surface area contributed by atoms with Crippen molar-refractivity contribution in [3.8, 4) is 0 Å². The number of carbonyl (C=O) groups is 1. The van der Waals surface area contributed by atoms with Crippen LogP contribution in [0.25, 0.3) is 0 Å². The average Bonchev–Trinajstić information content (AvgIpc) is 2.13. The predicted octanol–water partition coefficient (Wildman–Crippen LogP) is 2.61. The van der Waals surface area contributed by atoms with Crippen LogP contribution in [0.3, 0.4) is 0 Å². The highest BCUT2D eigenvalue weighted by atomic mass is 16.5. The van der Waals surface area contributed by atoms with E-state index >= 15 is 0 Å². The van der Waals surface area contributed by atoms with Crippen molar-refractivity contribution in [1.82, 2.24) is 6.15 Å². The van der Waals surface area contributed by atoms with Crippen molar-refractivity contribution in [1.29, 1.82) is 0 Å². The summed E-state index contributed by atoms with van der Waals surface area (Å²) in [5.41, 5.74) is -1.02. The van der Waals surface area contributed by atoms with Gasteiger partial charge in [0.2, 0.25) is 0 Å². The summed E-state index contributed by atoms with van der Waals surface area (Å²) >= 11 is 0. The second-order valence-corrected chi connectivity index (χ2v) is 3.45. The van der Waals surface area contributed by atoms with Gasteiger partial charge in [-0.15, -0.1) is 0 Å². The van der Waals surface area contributed by atoms with E-state index in [1.807, 2.05) is 20.8 Å². The SMILES string of the molecule is CCC(CC)OC(C)(CC)C(=O)O.N. The first-order valence-corrected chi connectivity index (χ1v) is 4.91. The fraction of sp³-hybridized carbons (Fsp3) is 0.900. The molecule has 0 heterocycles. The zero-order valence-electron chi connectivity index (χ0n) is 9.67. The van der Waals surface area contributed by atoms with Crippen molar-refractivity contribution >= 4 is 5.97 Å². The van der Waals surface area contributed by atoms with Crippen LogP contribution in [0, 0.1) is 0 Å². The summed E-state index contributed by atoms with van der Waals surface area (Å²) in [5, 5.41) is 8.95. The average molecular weight is 205 g/mol. The smallest absolute Gasteiger partial charge is 0.335 e. The number of rotatable bonds is 6. The number of aliphatic carboxylic acids is 1. The lowest BCUT2D eigenvalue weighted by Gasteiger charge is -2.28. The first-order valence-electron chi connectivity index (χ1n) is 4.91. The Morgan fingerprint density at radius 2 is 1.79 bits per heavy atom. The second-order valence-electron chi connectivity index (χ2n) is 3.45. The third kappa shape index (κ3) is 4.07. The molecule has 0 saturated heterocycles. The number of hydrogen-bond donors (Lipinski definition) is 2. The molecule has 0 radical (unpaired) electrons. The molecule has 86 valence electrons. The van der Waals surface area contributed by atoms with Crippen LogP contribution in [0.2, 0.25) is 0 Å². The van der Waals surface area contributed by atoms with Crippen LogP contribution in [-0.2, 0) is 9.53 Å². The predicted molar refractivity (Wildman–Crippen MR) is 56.8 cm³/mol. The molecular weight excluding hydrogens is 182 g/mol. The summed E-state index contributed by atoms with van der Waals surface area (Å²) in [6.07, 6.45) is 2.28. The van der Waals surface area contributed by atoms with Crippen molar-refractivity contribution < 1.29 is 14.6 Å². The molecule has 0 bridgehead atoms. The van der Waals surface area contributed by atoms with Gasteiger partial charge in [-0.2, -0.15) is 0 Å². The molecule has 0 aromatic carbocycles. The Morgan fingerprint density at radius 1 is 1.36 bits per heavy atom. The van der Waals surface area contributed by atoms with E-state index in [4.69, 9.17) is 9.84 Å². The first-order chi connectivity index (χ1) is 6.00. The van der Waals surface area contributed by atoms with E-state index in [0.717, 1.165) is 12.8 Å². The van der Waals surface area contributed by atoms with Gasteiger partial charge in [0.25, 0.3) is 0 Å². The third-order valence-corrected chi connectivity index (χ3v) is 2.46. The molecule has 0 amide bonds. The van der Waals surface area contributed by atoms with Crippen molar-refractivity contribution in [2.45, 2.75) is 58.7 Å². The molecule has 4 nitrogen and oxygen atoms in total.